The van der Waals surface area contributed by atoms with Gasteiger partial charge in [-0.2, -0.15) is 0 Å². The Morgan fingerprint density at radius 3 is 2.90 bits per heavy atom. The summed E-state index contributed by atoms with van der Waals surface area (Å²) in [6.45, 7) is 6.30. The molecule has 0 bridgehead atoms. The molecular formula is C15H18ClN3OS. The minimum absolute atomic E-state index is 0.587. The van der Waals surface area contributed by atoms with Crippen molar-refractivity contribution in [3.63, 3.8) is 0 Å². The van der Waals surface area contributed by atoms with Crippen LogP contribution in [0.4, 0.5) is 11.4 Å². The number of anilines is 2. The number of rotatable bonds is 4. The van der Waals surface area contributed by atoms with Crippen LogP contribution in [-0.4, -0.2) is 31.3 Å². The van der Waals surface area contributed by atoms with Gasteiger partial charge in [-0.3, -0.25) is 0 Å². The van der Waals surface area contributed by atoms with E-state index in [4.69, 9.17) is 16.3 Å². The van der Waals surface area contributed by atoms with Gasteiger partial charge in [-0.25, -0.2) is 4.98 Å². The Kier molecular flexibility index (Phi) is 4.63. The van der Waals surface area contributed by atoms with E-state index in [0.29, 0.717) is 4.47 Å². The summed E-state index contributed by atoms with van der Waals surface area (Å²) in [5.41, 5.74) is 3.64. The first-order valence-corrected chi connectivity index (χ1v) is 8.19. The van der Waals surface area contributed by atoms with Crippen LogP contribution < -0.4 is 10.2 Å². The van der Waals surface area contributed by atoms with Gasteiger partial charge in [0.15, 0.2) is 4.47 Å². The van der Waals surface area contributed by atoms with Crippen molar-refractivity contribution in [2.45, 2.75) is 13.5 Å². The van der Waals surface area contributed by atoms with Gasteiger partial charge in [0.05, 0.1) is 31.1 Å². The summed E-state index contributed by atoms with van der Waals surface area (Å²) in [5.74, 6) is 0. The molecule has 1 N–H and O–H groups in total. The molecule has 112 valence electrons. The van der Waals surface area contributed by atoms with E-state index in [1.54, 1.807) is 0 Å². The van der Waals surface area contributed by atoms with E-state index in [-0.39, 0.29) is 0 Å². The highest BCUT2D eigenvalue weighted by Gasteiger charge is 2.15. The first kappa shape index (κ1) is 14.6. The fraction of sp³-hybridized carbons (Fsp3) is 0.400. The molecule has 1 saturated heterocycles. The van der Waals surface area contributed by atoms with Gasteiger partial charge in [-0.05, 0) is 24.6 Å². The molecule has 1 aromatic carbocycles. The van der Waals surface area contributed by atoms with Crippen molar-refractivity contribution in [1.29, 1.82) is 0 Å². The molecule has 0 spiro atoms. The summed E-state index contributed by atoms with van der Waals surface area (Å²) < 4.78 is 6.02. The Labute approximate surface area is 133 Å². The van der Waals surface area contributed by atoms with E-state index in [2.05, 4.69) is 40.3 Å². The maximum atomic E-state index is 5.88. The van der Waals surface area contributed by atoms with Crippen LogP contribution in [-0.2, 0) is 11.3 Å². The SMILES string of the molecule is Cc1ccc(N2CCOCC2)c(NCc2cnc(Cl)s2)c1. The molecule has 1 aliphatic heterocycles. The molecule has 0 radical (unpaired) electrons. The normalized spacial score (nSPS) is 15.2. The van der Waals surface area contributed by atoms with E-state index < -0.39 is 0 Å². The zero-order valence-corrected chi connectivity index (χ0v) is 13.5. The minimum atomic E-state index is 0.587. The number of nitrogens with zero attached hydrogens (tertiary/aromatic N) is 2. The van der Waals surface area contributed by atoms with E-state index in [9.17, 15) is 0 Å². The molecule has 0 amide bonds. The van der Waals surface area contributed by atoms with Gasteiger partial charge in [-0.1, -0.05) is 17.7 Å². The van der Waals surface area contributed by atoms with Gasteiger partial charge < -0.3 is 15.0 Å². The van der Waals surface area contributed by atoms with Crippen molar-refractivity contribution >= 4 is 34.3 Å². The van der Waals surface area contributed by atoms with E-state index in [1.165, 1.54) is 22.6 Å². The molecule has 21 heavy (non-hydrogen) atoms. The molecule has 0 atom stereocenters. The second-order valence-corrected chi connectivity index (χ2v) is 6.75. The van der Waals surface area contributed by atoms with Crippen molar-refractivity contribution in [1.82, 2.24) is 4.98 Å². The molecule has 1 aliphatic rings. The van der Waals surface area contributed by atoms with E-state index in [1.807, 2.05) is 6.20 Å². The average Bonchev–Trinajstić information content (AvgIpc) is 2.92. The maximum Gasteiger partial charge on any atom is 0.183 e. The van der Waals surface area contributed by atoms with Crippen LogP contribution in [0.2, 0.25) is 4.47 Å². The average molecular weight is 324 g/mol. The number of morpholine rings is 1. The third kappa shape index (κ3) is 3.67. The zero-order valence-electron chi connectivity index (χ0n) is 11.9. The van der Waals surface area contributed by atoms with Gasteiger partial charge in [0.2, 0.25) is 0 Å². The molecule has 4 nitrogen and oxygen atoms in total. The second kappa shape index (κ2) is 6.64. The Morgan fingerprint density at radius 1 is 1.38 bits per heavy atom. The highest BCUT2D eigenvalue weighted by Crippen LogP contribution is 2.29. The van der Waals surface area contributed by atoms with Crippen molar-refractivity contribution in [3.05, 3.63) is 39.3 Å². The molecule has 1 aromatic heterocycles. The number of benzene rings is 1. The van der Waals surface area contributed by atoms with Crippen LogP contribution in [0.3, 0.4) is 0 Å². The molecule has 2 aromatic rings. The summed E-state index contributed by atoms with van der Waals surface area (Å²) >= 11 is 7.39. The number of halogens is 1. The van der Waals surface area contributed by atoms with Gasteiger partial charge in [-0.15, -0.1) is 11.3 Å². The van der Waals surface area contributed by atoms with Crippen LogP contribution in [0.15, 0.2) is 24.4 Å². The lowest BCUT2D eigenvalue weighted by Gasteiger charge is -2.31. The standard InChI is InChI=1S/C15H18ClN3OS/c1-11-2-3-14(19-4-6-20-7-5-19)13(8-11)17-9-12-10-18-15(16)21-12/h2-3,8,10,17H,4-7,9H2,1H3. The fourth-order valence-electron chi connectivity index (χ4n) is 2.42. The van der Waals surface area contributed by atoms with Crippen LogP contribution >= 0.6 is 22.9 Å². The molecule has 1 fully saturated rings. The maximum absolute atomic E-state index is 5.88. The van der Waals surface area contributed by atoms with Crippen molar-refractivity contribution in [2.24, 2.45) is 0 Å². The molecular weight excluding hydrogens is 306 g/mol. The summed E-state index contributed by atoms with van der Waals surface area (Å²) in [5, 5.41) is 3.51. The smallest absolute Gasteiger partial charge is 0.183 e. The topological polar surface area (TPSA) is 37.4 Å². The predicted octanol–water partition coefficient (Wildman–Crippen LogP) is 3.55. The number of hydrogen-bond acceptors (Lipinski definition) is 5. The third-order valence-electron chi connectivity index (χ3n) is 3.48. The summed E-state index contributed by atoms with van der Waals surface area (Å²) in [6, 6.07) is 6.52. The third-order valence-corrected chi connectivity index (χ3v) is 4.60. The molecule has 6 heteroatoms. The van der Waals surface area contributed by atoms with Crippen molar-refractivity contribution in [2.75, 3.05) is 36.5 Å². The number of hydrogen-bond donors (Lipinski definition) is 1. The van der Waals surface area contributed by atoms with Crippen LogP contribution in [0, 0.1) is 6.92 Å². The van der Waals surface area contributed by atoms with E-state index in [0.717, 1.165) is 43.4 Å². The summed E-state index contributed by atoms with van der Waals surface area (Å²) in [6.07, 6.45) is 1.82. The molecule has 3 rings (SSSR count). The number of ether oxygens (including phenoxy) is 1. The molecule has 0 saturated carbocycles. The van der Waals surface area contributed by atoms with Crippen LogP contribution in [0.25, 0.3) is 0 Å². The summed E-state index contributed by atoms with van der Waals surface area (Å²) in [7, 11) is 0. The zero-order chi connectivity index (χ0) is 14.7. The van der Waals surface area contributed by atoms with Gasteiger partial charge in [0, 0.05) is 24.2 Å². The number of aryl methyl sites for hydroxylation is 1. The Hall–Kier alpha value is -1.30. The van der Waals surface area contributed by atoms with Crippen molar-refractivity contribution < 1.29 is 4.74 Å². The lowest BCUT2D eigenvalue weighted by molar-refractivity contribution is 0.123. The van der Waals surface area contributed by atoms with Crippen LogP contribution in [0.1, 0.15) is 10.4 Å². The summed E-state index contributed by atoms with van der Waals surface area (Å²) in [4.78, 5) is 7.58. The lowest BCUT2D eigenvalue weighted by atomic mass is 10.1. The molecule has 0 unspecified atom stereocenters. The van der Waals surface area contributed by atoms with Crippen molar-refractivity contribution in [3.8, 4) is 0 Å². The molecule has 0 aliphatic carbocycles. The van der Waals surface area contributed by atoms with Gasteiger partial charge in [0.25, 0.3) is 0 Å². The highest BCUT2D eigenvalue weighted by molar-refractivity contribution is 7.15. The number of aromatic nitrogens is 1. The largest absolute Gasteiger partial charge is 0.378 e. The quantitative estimate of drug-likeness (QED) is 0.933. The predicted molar refractivity (Wildman–Crippen MR) is 88.7 cm³/mol. The first-order valence-electron chi connectivity index (χ1n) is 7.00. The number of nitrogens with one attached hydrogen (secondary N) is 1. The van der Waals surface area contributed by atoms with Gasteiger partial charge in [0.1, 0.15) is 0 Å². The number of thiazole rings is 1. The highest BCUT2D eigenvalue weighted by atomic mass is 35.5. The lowest BCUT2D eigenvalue weighted by Crippen LogP contribution is -2.36. The monoisotopic (exact) mass is 323 g/mol. The van der Waals surface area contributed by atoms with Gasteiger partial charge >= 0.3 is 0 Å². The Morgan fingerprint density at radius 2 is 2.19 bits per heavy atom. The Bertz CT molecular complexity index is 611. The fourth-order valence-corrected chi connectivity index (χ4v) is 3.34. The minimum Gasteiger partial charge on any atom is -0.378 e. The molecule has 2 heterocycles. The second-order valence-electron chi connectivity index (χ2n) is 5.05. The first-order chi connectivity index (χ1) is 10.2. The van der Waals surface area contributed by atoms with Crippen LogP contribution in [0.5, 0.6) is 0 Å². The Balaban J connectivity index is 1.77. The van der Waals surface area contributed by atoms with E-state index >= 15 is 0 Å².